The minimum absolute atomic E-state index is 0.103. The van der Waals surface area contributed by atoms with E-state index in [1.54, 1.807) is 38.1 Å². The number of fused-ring (bicyclic) bond motifs is 1. The number of rotatable bonds is 3. The second kappa shape index (κ2) is 5.47. The highest BCUT2D eigenvalue weighted by atomic mass is 16.5. The van der Waals surface area contributed by atoms with Crippen LogP contribution < -0.4 is 10.4 Å². The van der Waals surface area contributed by atoms with Gasteiger partial charge in [-0.05, 0) is 45.0 Å². The highest BCUT2D eigenvalue weighted by molar-refractivity contribution is 5.84. The van der Waals surface area contributed by atoms with Crippen molar-refractivity contribution in [2.24, 2.45) is 0 Å². The van der Waals surface area contributed by atoms with Crippen molar-refractivity contribution in [1.82, 2.24) is 0 Å². The fourth-order valence-electron chi connectivity index (χ4n) is 2.62. The molecule has 3 rings (SSSR count). The Labute approximate surface area is 134 Å². The predicted molar refractivity (Wildman–Crippen MR) is 89.0 cm³/mol. The van der Waals surface area contributed by atoms with Crippen LogP contribution in [0.3, 0.4) is 0 Å². The van der Waals surface area contributed by atoms with Crippen molar-refractivity contribution in [3.8, 4) is 11.5 Å². The van der Waals surface area contributed by atoms with Crippen LogP contribution in [-0.2, 0) is 5.60 Å². The van der Waals surface area contributed by atoms with Gasteiger partial charge in [-0.15, -0.1) is 0 Å². The Bertz CT molecular complexity index is 905. The molecule has 0 fully saturated rings. The maximum absolute atomic E-state index is 12.3. The maximum Gasteiger partial charge on any atom is 0.347 e. The average Bonchev–Trinajstić information content (AvgIpc) is 2.49. The Hall–Kier alpha value is -2.75. The van der Waals surface area contributed by atoms with Gasteiger partial charge in [-0.25, -0.2) is 4.79 Å². The van der Waals surface area contributed by atoms with Crippen molar-refractivity contribution >= 4 is 11.0 Å². The van der Waals surface area contributed by atoms with E-state index in [4.69, 9.17) is 9.15 Å². The van der Waals surface area contributed by atoms with Crippen LogP contribution in [0.5, 0.6) is 11.5 Å². The molecule has 0 aliphatic rings. The first-order valence-corrected chi connectivity index (χ1v) is 7.39. The predicted octanol–water partition coefficient (Wildman–Crippen LogP) is 4.12. The standard InChI is InChI=1S/C19H18O4/c1-12-8-10-13(11-9-12)23-19(2,3)16-17(20)14-6-4-5-7-15(14)22-18(16)21/h4-11,20H,1-3H3. The second-order valence-corrected chi connectivity index (χ2v) is 6.03. The number of ether oxygens (including phenoxy) is 1. The molecular weight excluding hydrogens is 292 g/mol. The SMILES string of the molecule is Cc1ccc(OC(C)(C)c2c(O)c3ccccc3oc2=O)cc1. The number of hydrogen-bond donors (Lipinski definition) is 1. The third-order valence-corrected chi connectivity index (χ3v) is 3.78. The summed E-state index contributed by atoms with van der Waals surface area (Å²) in [4.78, 5) is 12.3. The number of aryl methyl sites for hydroxylation is 1. The molecule has 4 heteroatoms. The van der Waals surface area contributed by atoms with Gasteiger partial charge >= 0.3 is 5.63 Å². The highest BCUT2D eigenvalue weighted by Gasteiger charge is 2.32. The lowest BCUT2D eigenvalue weighted by Gasteiger charge is -2.26. The minimum atomic E-state index is -1.04. The van der Waals surface area contributed by atoms with Crippen LogP contribution in [0.15, 0.2) is 57.7 Å². The molecule has 4 nitrogen and oxygen atoms in total. The molecule has 0 saturated carbocycles. The summed E-state index contributed by atoms with van der Waals surface area (Å²) >= 11 is 0. The molecule has 0 spiro atoms. The fraction of sp³-hybridized carbons (Fsp3) is 0.211. The molecule has 0 unspecified atom stereocenters. The summed E-state index contributed by atoms with van der Waals surface area (Å²) in [6.07, 6.45) is 0. The summed E-state index contributed by atoms with van der Waals surface area (Å²) in [5.41, 5.74) is -0.0626. The molecule has 0 aliphatic heterocycles. The molecule has 0 atom stereocenters. The van der Waals surface area contributed by atoms with Gasteiger partial charge in [-0.3, -0.25) is 0 Å². The Morgan fingerprint density at radius 2 is 1.70 bits per heavy atom. The molecule has 0 amide bonds. The third-order valence-electron chi connectivity index (χ3n) is 3.78. The summed E-state index contributed by atoms with van der Waals surface area (Å²) in [6, 6.07) is 14.4. The maximum atomic E-state index is 12.3. The largest absolute Gasteiger partial charge is 0.506 e. The molecule has 1 heterocycles. The Balaban J connectivity index is 2.10. The third kappa shape index (κ3) is 2.80. The zero-order valence-corrected chi connectivity index (χ0v) is 13.3. The van der Waals surface area contributed by atoms with Gasteiger partial charge in [0.1, 0.15) is 28.2 Å². The van der Waals surface area contributed by atoms with Crippen LogP contribution >= 0.6 is 0 Å². The van der Waals surface area contributed by atoms with Gasteiger partial charge in [-0.2, -0.15) is 0 Å². The van der Waals surface area contributed by atoms with Gasteiger partial charge in [0.25, 0.3) is 0 Å². The van der Waals surface area contributed by atoms with Gasteiger partial charge in [0, 0.05) is 0 Å². The molecule has 0 radical (unpaired) electrons. The number of hydrogen-bond acceptors (Lipinski definition) is 4. The fourth-order valence-corrected chi connectivity index (χ4v) is 2.62. The van der Waals surface area contributed by atoms with Crippen molar-refractivity contribution in [2.45, 2.75) is 26.4 Å². The number of para-hydroxylation sites is 1. The van der Waals surface area contributed by atoms with Crippen molar-refractivity contribution in [3.05, 3.63) is 70.1 Å². The second-order valence-electron chi connectivity index (χ2n) is 6.03. The van der Waals surface area contributed by atoms with Crippen LogP contribution in [0.25, 0.3) is 11.0 Å². The van der Waals surface area contributed by atoms with Crippen LogP contribution in [0.1, 0.15) is 25.0 Å². The average molecular weight is 310 g/mol. The number of benzene rings is 2. The number of aromatic hydroxyl groups is 1. The first-order valence-electron chi connectivity index (χ1n) is 7.39. The van der Waals surface area contributed by atoms with Crippen LogP contribution in [0.2, 0.25) is 0 Å². The Kier molecular flexibility index (Phi) is 3.60. The molecule has 0 saturated heterocycles. The van der Waals surface area contributed by atoms with Crippen molar-refractivity contribution in [1.29, 1.82) is 0 Å². The molecule has 0 bridgehead atoms. The first kappa shape index (κ1) is 15.2. The molecular formula is C19H18O4. The molecule has 118 valence electrons. The van der Waals surface area contributed by atoms with E-state index in [1.807, 2.05) is 31.2 Å². The minimum Gasteiger partial charge on any atom is -0.506 e. The summed E-state index contributed by atoms with van der Waals surface area (Å²) in [5.74, 6) is 0.515. The van der Waals surface area contributed by atoms with Crippen molar-refractivity contribution in [3.63, 3.8) is 0 Å². The van der Waals surface area contributed by atoms with E-state index in [9.17, 15) is 9.90 Å². The molecule has 3 aromatic rings. The van der Waals surface area contributed by atoms with Crippen molar-refractivity contribution < 1.29 is 14.3 Å². The normalized spacial score (nSPS) is 11.6. The van der Waals surface area contributed by atoms with Gasteiger partial charge in [-0.1, -0.05) is 29.8 Å². The van der Waals surface area contributed by atoms with E-state index in [0.717, 1.165) is 5.56 Å². The van der Waals surface area contributed by atoms with E-state index in [0.29, 0.717) is 16.7 Å². The lowest BCUT2D eigenvalue weighted by Crippen LogP contribution is -2.31. The van der Waals surface area contributed by atoms with Crippen LogP contribution in [0.4, 0.5) is 0 Å². The topological polar surface area (TPSA) is 59.7 Å². The van der Waals surface area contributed by atoms with Gasteiger partial charge in [0.15, 0.2) is 0 Å². The lowest BCUT2D eigenvalue weighted by atomic mass is 9.97. The smallest absolute Gasteiger partial charge is 0.347 e. The van der Waals surface area contributed by atoms with Crippen LogP contribution in [0, 0.1) is 6.92 Å². The monoisotopic (exact) mass is 310 g/mol. The molecule has 0 aliphatic carbocycles. The summed E-state index contributed by atoms with van der Waals surface area (Å²) < 4.78 is 11.3. The summed E-state index contributed by atoms with van der Waals surface area (Å²) in [6.45, 7) is 5.44. The summed E-state index contributed by atoms with van der Waals surface area (Å²) in [5, 5.41) is 11.0. The van der Waals surface area contributed by atoms with E-state index in [1.165, 1.54) is 0 Å². The Morgan fingerprint density at radius 1 is 1.04 bits per heavy atom. The van der Waals surface area contributed by atoms with E-state index in [-0.39, 0.29) is 11.3 Å². The van der Waals surface area contributed by atoms with Gasteiger partial charge < -0.3 is 14.3 Å². The van der Waals surface area contributed by atoms with E-state index >= 15 is 0 Å². The van der Waals surface area contributed by atoms with Crippen molar-refractivity contribution in [2.75, 3.05) is 0 Å². The van der Waals surface area contributed by atoms with E-state index in [2.05, 4.69) is 0 Å². The Morgan fingerprint density at radius 3 is 2.39 bits per heavy atom. The van der Waals surface area contributed by atoms with Crippen LogP contribution in [-0.4, -0.2) is 5.11 Å². The molecule has 1 N–H and O–H groups in total. The molecule has 2 aromatic carbocycles. The lowest BCUT2D eigenvalue weighted by molar-refractivity contribution is 0.102. The summed E-state index contributed by atoms with van der Waals surface area (Å²) in [7, 11) is 0. The zero-order chi connectivity index (χ0) is 16.6. The highest BCUT2D eigenvalue weighted by Crippen LogP contribution is 2.35. The van der Waals surface area contributed by atoms with Gasteiger partial charge in [0.05, 0.1) is 5.39 Å². The zero-order valence-electron chi connectivity index (χ0n) is 13.3. The quantitative estimate of drug-likeness (QED) is 0.739. The van der Waals surface area contributed by atoms with E-state index < -0.39 is 11.2 Å². The first-order chi connectivity index (χ1) is 10.9. The molecule has 1 aromatic heterocycles. The molecule has 23 heavy (non-hydrogen) atoms. The van der Waals surface area contributed by atoms with Gasteiger partial charge in [0.2, 0.25) is 0 Å².